The van der Waals surface area contributed by atoms with Crippen molar-refractivity contribution in [2.75, 3.05) is 6.54 Å². The summed E-state index contributed by atoms with van der Waals surface area (Å²) >= 11 is 0. The van der Waals surface area contributed by atoms with Crippen LogP contribution in [0.1, 0.15) is 40.0 Å². The molecule has 1 aliphatic heterocycles. The van der Waals surface area contributed by atoms with Gasteiger partial charge in [-0.15, -0.1) is 0 Å². The fourth-order valence-electron chi connectivity index (χ4n) is 1.90. The lowest BCUT2D eigenvalue weighted by atomic mass is 9.99. The number of aldehydes is 1. The van der Waals surface area contributed by atoms with Gasteiger partial charge in [0.2, 0.25) is 0 Å². The van der Waals surface area contributed by atoms with E-state index in [1.165, 1.54) is 4.90 Å². The monoisotopic (exact) mass is 245 g/mol. The van der Waals surface area contributed by atoms with Gasteiger partial charge in [-0.2, -0.15) is 0 Å². The summed E-state index contributed by atoms with van der Waals surface area (Å²) in [6.07, 6.45) is 0.0293. The number of hydrogen-bond acceptors (Lipinski definition) is 3. The molecule has 1 aliphatic rings. The van der Waals surface area contributed by atoms with E-state index < -0.39 is 17.9 Å². The smallest absolute Gasteiger partial charge is 0.410 e. The fraction of sp³-hybridized carbons (Fsp3) is 0.833. The summed E-state index contributed by atoms with van der Waals surface area (Å²) in [5.41, 5.74) is -0.574. The average molecular weight is 245 g/mol. The van der Waals surface area contributed by atoms with Crippen LogP contribution in [0.25, 0.3) is 0 Å². The topological polar surface area (TPSA) is 46.6 Å². The van der Waals surface area contributed by atoms with E-state index in [9.17, 15) is 14.0 Å². The first-order chi connectivity index (χ1) is 7.83. The highest BCUT2D eigenvalue weighted by molar-refractivity contribution is 5.69. The van der Waals surface area contributed by atoms with E-state index in [1.807, 2.05) is 0 Å². The molecule has 0 saturated carbocycles. The second-order valence-electron chi connectivity index (χ2n) is 5.35. The van der Waals surface area contributed by atoms with E-state index in [-0.39, 0.29) is 18.9 Å². The van der Waals surface area contributed by atoms with Crippen LogP contribution in [0.4, 0.5) is 9.18 Å². The van der Waals surface area contributed by atoms with Crippen LogP contribution in [0.5, 0.6) is 0 Å². The summed E-state index contributed by atoms with van der Waals surface area (Å²) in [4.78, 5) is 23.9. The van der Waals surface area contributed by atoms with Gasteiger partial charge in [0.05, 0.1) is 0 Å². The van der Waals surface area contributed by atoms with Crippen molar-refractivity contribution < 1.29 is 18.7 Å². The number of carbonyl (C=O) groups excluding carboxylic acids is 2. The Morgan fingerprint density at radius 1 is 1.53 bits per heavy atom. The number of halogens is 1. The molecule has 0 aromatic heterocycles. The molecule has 5 heteroatoms. The number of ether oxygens (including phenoxy) is 1. The van der Waals surface area contributed by atoms with E-state index in [4.69, 9.17) is 4.74 Å². The van der Waals surface area contributed by atoms with Gasteiger partial charge < -0.3 is 14.4 Å². The van der Waals surface area contributed by atoms with E-state index >= 15 is 0 Å². The second kappa shape index (κ2) is 5.47. The maximum absolute atomic E-state index is 13.2. The molecule has 1 rings (SSSR count). The Kier molecular flexibility index (Phi) is 4.48. The first-order valence-electron chi connectivity index (χ1n) is 5.91. The molecule has 1 fully saturated rings. The van der Waals surface area contributed by atoms with Crippen molar-refractivity contribution in [3.05, 3.63) is 0 Å². The standard InChI is InChI=1S/C12H20FNO3/c1-12(2,3)17-11(16)14-6-4-9(13)8-10(14)5-7-15/h7,9-10H,4-6,8H2,1-3H3/t9-,10+/m0/s1. The van der Waals surface area contributed by atoms with Gasteiger partial charge in [0.25, 0.3) is 0 Å². The molecular formula is C12H20FNO3. The SMILES string of the molecule is CC(C)(C)OC(=O)N1CC[C@H](F)C[C@H]1CC=O. The van der Waals surface area contributed by atoms with Gasteiger partial charge in [0, 0.05) is 19.0 Å². The van der Waals surface area contributed by atoms with E-state index in [2.05, 4.69) is 0 Å². The van der Waals surface area contributed by atoms with E-state index in [1.54, 1.807) is 20.8 Å². The first kappa shape index (κ1) is 13.9. The number of rotatable bonds is 2. The summed E-state index contributed by atoms with van der Waals surface area (Å²) in [6.45, 7) is 5.65. The summed E-state index contributed by atoms with van der Waals surface area (Å²) in [7, 11) is 0. The van der Waals surface area contributed by atoms with Crippen LogP contribution in [0, 0.1) is 0 Å². The van der Waals surface area contributed by atoms with Gasteiger partial charge in [-0.3, -0.25) is 0 Å². The number of alkyl halides is 1. The molecule has 2 atom stereocenters. The predicted molar refractivity (Wildman–Crippen MR) is 61.5 cm³/mol. The zero-order valence-electron chi connectivity index (χ0n) is 10.6. The molecule has 1 saturated heterocycles. The van der Waals surface area contributed by atoms with Crippen LogP contribution < -0.4 is 0 Å². The molecule has 17 heavy (non-hydrogen) atoms. The van der Waals surface area contributed by atoms with Crippen molar-refractivity contribution >= 4 is 12.4 Å². The lowest BCUT2D eigenvalue weighted by molar-refractivity contribution is -0.109. The van der Waals surface area contributed by atoms with Gasteiger partial charge in [-0.25, -0.2) is 9.18 Å². The number of likely N-dealkylation sites (tertiary alicyclic amines) is 1. The molecule has 0 aromatic rings. The Hall–Kier alpha value is -1.13. The minimum Gasteiger partial charge on any atom is -0.444 e. The summed E-state index contributed by atoms with van der Waals surface area (Å²) in [5.74, 6) is 0. The van der Waals surface area contributed by atoms with Crippen LogP contribution in [0.15, 0.2) is 0 Å². The van der Waals surface area contributed by atoms with Crippen molar-refractivity contribution in [1.82, 2.24) is 4.90 Å². The highest BCUT2D eigenvalue weighted by Crippen LogP contribution is 2.23. The molecule has 0 bridgehead atoms. The molecule has 1 heterocycles. The van der Waals surface area contributed by atoms with Crippen molar-refractivity contribution in [3.63, 3.8) is 0 Å². The number of carbonyl (C=O) groups is 2. The lowest BCUT2D eigenvalue weighted by Crippen LogP contribution is -2.48. The van der Waals surface area contributed by atoms with Crippen LogP contribution in [-0.4, -0.2) is 41.6 Å². The van der Waals surface area contributed by atoms with Gasteiger partial charge in [0.1, 0.15) is 18.1 Å². The molecular weight excluding hydrogens is 225 g/mol. The van der Waals surface area contributed by atoms with Crippen molar-refractivity contribution in [2.24, 2.45) is 0 Å². The molecule has 4 nitrogen and oxygen atoms in total. The van der Waals surface area contributed by atoms with Gasteiger partial charge in [-0.1, -0.05) is 0 Å². The maximum atomic E-state index is 13.2. The third kappa shape index (κ3) is 4.32. The molecule has 0 aliphatic carbocycles. The fourth-order valence-corrected chi connectivity index (χ4v) is 1.90. The average Bonchev–Trinajstić information content (AvgIpc) is 2.15. The molecule has 0 radical (unpaired) electrons. The van der Waals surface area contributed by atoms with Crippen molar-refractivity contribution in [2.45, 2.75) is 57.8 Å². The van der Waals surface area contributed by atoms with E-state index in [0.717, 1.165) is 6.29 Å². The van der Waals surface area contributed by atoms with Crippen LogP contribution >= 0.6 is 0 Å². The Labute approximate surface area is 101 Å². The molecule has 0 spiro atoms. The normalized spacial score (nSPS) is 25.5. The number of amides is 1. The number of hydrogen-bond donors (Lipinski definition) is 0. The second-order valence-corrected chi connectivity index (χ2v) is 5.35. The Balaban J connectivity index is 2.65. The van der Waals surface area contributed by atoms with Crippen molar-refractivity contribution in [3.8, 4) is 0 Å². The van der Waals surface area contributed by atoms with Crippen molar-refractivity contribution in [1.29, 1.82) is 0 Å². The predicted octanol–water partition coefficient (Wildman–Crippen LogP) is 2.31. The lowest BCUT2D eigenvalue weighted by Gasteiger charge is -2.37. The highest BCUT2D eigenvalue weighted by Gasteiger charge is 2.33. The Morgan fingerprint density at radius 2 is 2.18 bits per heavy atom. The zero-order chi connectivity index (χ0) is 13.1. The summed E-state index contributed by atoms with van der Waals surface area (Å²) in [5, 5.41) is 0. The minimum atomic E-state index is -0.932. The largest absolute Gasteiger partial charge is 0.444 e. The minimum absolute atomic E-state index is 0.166. The third-order valence-corrected chi connectivity index (χ3v) is 2.65. The number of nitrogens with zero attached hydrogens (tertiary/aromatic N) is 1. The summed E-state index contributed by atoms with van der Waals surface area (Å²) in [6, 6.07) is -0.369. The van der Waals surface area contributed by atoms with Crippen LogP contribution in [-0.2, 0) is 9.53 Å². The first-order valence-corrected chi connectivity index (χ1v) is 5.91. The van der Waals surface area contributed by atoms with Gasteiger partial charge in [0.15, 0.2) is 0 Å². The number of piperidine rings is 1. The molecule has 1 amide bonds. The Morgan fingerprint density at radius 3 is 2.71 bits per heavy atom. The van der Waals surface area contributed by atoms with Crippen LogP contribution in [0.2, 0.25) is 0 Å². The highest BCUT2D eigenvalue weighted by atomic mass is 19.1. The van der Waals surface area contributed by atoms with Gasteiger partial charge >= 0.3 is 6.09 Å². The summed E-state index contributed by atoms with van der Waals surface area (Å²) < 4.78 is 18.5. The molecule has 0 unspecified atom stereocenters. The maximum Gasteiger partial charge on any atom is 0.410 e. The van der Waals surface area contributed by atoms with Crippen LogP contribution in [0.3, 0.4) is 0 Å². The zero-order valence-corrected chi connectivity index (χ0v) is 10.6. The van der Waals surface area contributed by atoms with E-state index in [0.29, 0.717) is 13.0 Å². The molecule has 98 valence electrons. The molecule has 0 N–H and O–H groups in total. The van der Waals surface area contributed by atoms with Gasteiger partial charge in [-0.05, 0) is 33.6 Å². The quantitative estimate of drug-likeness (QED) is 0.701. The third-order valence-electron chi connectivity index (χ3n) is 2.65. The molecule has 0 aromatic carbocycles. The Bertz CT molecular complexity index is 288.